The van der Waals surface area contributed by atoms with Crippen LogP contribution in [-0.4, -0.2) is 11.1 Å². The van der Waals surface area contributed by atoms with Crippen LogP contribution >= 0.6 is 23.2 Å². The molecule has 0 aromatic carbocycles. The molecule has 0 spiro atoms. The van der Waals surface area contributed by atoms with Gasteiger partial charge >= 0.3 is 0 Å². The first-order valence-electron chi connectivity index (χ1n) is 6.10. The minimum absolute atomic E-state index is 0.181. The summed E-state index contributed by atoms with van der Waals surface area (Å²) < 4.78 is 5.23. The average Bonchev–Trinajstić information content (AvgIpc) is 2.15. The highest BCUT2D eigenvalue weighted by Crippen LogP contribution is 2.14. The largest absolute Gasteiger partial charge is 0.346 e. The van der Waals surface area contributed by atoms with E-state index in [0.717, 1.165) is 6.42 Å². The fourth-order valence-electron chi connectivity index (χ4n) is 1.63. The summed E-state index contributed by atoms with van der Waals surface area (Å²) >= 11 is 11.0. The zero-order valence-corrected chi connectivity index (χ0v) is 11.5. The van der Waals surface area contributed by atoms with Gasteiger partial charge in [-0.2, -0.15) is 0 Å². The molecule has 0 radical (unpaired) electrons. The zero-order valence-electron chi connectivity index (χ0n) is 9.98. The first-order chi connectivity index (χ1) is 7.16. The fourth-order valence-corrected chi connectivity index (χ4v) is 1.98. The van der Waals surface area contributed by atoms with Gasteiger partial charge in [0.2, 0.25) is 5.02 Å². The van der Waals surface area contributed by atoms with E-state index in [0.29, 0.717) is 0 Å². The van der Waals surface area contributed by atoms with Gasteiger partial charge in [-0.1, -0.05) is 75.1 Å². The molecule has 0 fully saturated rings. The number of unbranched alkanes of at least 4 members (excludes halogenated alkanes) is 6. The summed E-state index contributed by atoms with van der Waals surface area (Å²) in [6.07, 6.45) is 10.5. The second-order valence-corrected chi connectivity index (χ2v) is 5.13. The van der Waals surface area contributed by atoms with Crippen molar-refractivity contribution in [2.45, 2.75) is 76.3 Å². The minimum atomic E-state index is -0.676. The van der Waals surface area contributed by atoms with Crippen molar-refractivity contribution in [3.63, 3.8) is 0 Å². The molecule has 0 N–H and O–H groups in total. The van der Waals surface area contributed by atoms with E-state index < -0.39 is 5.02 Å². The predicted octanol–water partition coefficient (Wildman–Crippen LogP) is 5.29. The summed E-state index contributed by atoms with van der Waals surface area (Å²) in [5.41, 5.74) is 0. The van der Waals surface area contributed by atoms with Gasteiger partial charge < -0.3 is 4.74 Å². The zero-order chi connectivity index (χ0) is 11.5. The smallest absolute Gasteiger partial charge is 0.206 e. The van der Waals surface area contributed by atoms with E-state index in [1.54, 1.807) is 0 Å². The Kier molecular flexibility index (Phi) is 11.4. The summed E-state index contributed by atoms with van der Waals surface area (Å²) in [7, 11) is 0. The van der Waals surface area contributed by atoms with Crippen molar-refractivity contribution in [2.24, 2.45) is 0 Å². The Morgan fingerprint density at radius 1 is 0.933 bits per heavy atom. The molecule has 1 unspecified atom stereocenters. The predicted molar refractivity (Wildman–Crippen MR) is 68.7 cm³/mol. The molecule has 0 heterocycles. The maximum Gasteiger partial charge on any atom is 0.206 e. The van der Waals surface area contributed by atoms with Gasteiger partial charge in [-0.25, -0.2) is 0 Å². The lowest BCUT2D eigenvalue weighted by Gasteiger charge is -2.12. The highest BCUT2D eigenvalue weighted by Gasteiger charge is 2.06. The summed E-state index contributed by atoms with van der Waals surface area (Å²) in [5, 5.41) is -0.676. The maximum absolute atomic E-state index is 5.51. The quantitative estimate of drug-likeness (QED) is 0.380. The van der Waals surface area contributed by atoms with Gasteiger partial charge in [-0.3, -0.25) is 0 Å². The van der Waals surface area contributed by atoms with E-state index in [2.05, 4.69) is 6.92 Å². The van der Waals surface area contributed by atoms with Crippen LogP contribution in [0.25, 0.3) is 0 Å². The van der Waals surface area contributed by atoms with E-state index in [9.17, 15) is 0 Å². The molecule has 3 heteroatoms. The van der Waals surface area contributed by atoms with Crippen LogP contribution < -0.4 is 0 Å². The van der Waals surface area contributed by atoms with Crippen LogP contribution in [0.5, 0.6) is 0 Å². The van der Waals surface area contributed by atoms with Crippen LogP contribution in [0.2, 0.25) is 0 Å². The molecule has 15 heavy (non-hydrogen) atoms. The molecule has 1 nitrogen and oxygen atoms in total. The topological polar surface area (TPSA) is 9.23 Å². The molecular formula is C12H24Cl2O. The van der Waals surface area contributed by atoms with Crippen molar-refractivity contribution >= 4 is 23.2 Å². The summed E-state index contributed by atoms with van der Waals surface area (Å²) in [6.45, 7) is 4.27. The Hall–Kier alpha value is 0.540. The molecule has 0 rings (SSSR count). The lowest BCUT2D eigenvalue weighted by molar-refractivity contribution is 0.0731. The highest BCUT2D eigenvalue weighted by molar-refractivity contribution is 6.43. The molecule has 0 saturated carbocycles. The minimum Gasteiger partial charge on any atom is -0.346 e. The summed E-state index contributed by atoms with van der Waals surface area (Å²) in [4.78, 5) is 0. The molecule has 0 aromatic heterocycles. The van der Waals surface area contributed by atoms with Gasteiger partial charge in [0, 0.05) is 0 Å². The first kappa shape index (κ1) is 15.5. The fraction of sp³-hybridized carbons (Fsp3) is 1.00. The Bertz CT molecular complexity index is 129. The van der Waals surface area contributed by atoms with Crippen LogP contribution in [0.4, 0.5) is 0 Å². The number of ether oxygens (including phenoxy) is 1. The Balaban J connectivity index is 3.09. The molecule has 0 aliphatic carbocycles. The van der Waals surface area contributed by atoms with E-state index in [-0.39, 0.29) is 6.10 Å². The molecule has 0 saturated heterocycles. The standard InChI is InChI=1S/C12H24Cl2O/c1-3-4-5-6-7-8-9-10-11(2)15-12(13)14/h11-12H,3-10H2,1-2H3. The molecule has 92 valence electrons. The van der Waals surface area contributed by atoms with Crippen LogP contribution in [0.15, 0.2) is 0 Å². The first-order valence-corrected chi connectivity index (χ1v) is 6.97. The van der Waals surface area contributed by atoms with Gasteiger partial charge in [0.05, 0.1) is 6.10 Å². The van der Waals surface area contributed by atoms with Gasteiger partial charge in [0.1, 0.15) is 0 Å². The van der Waals surface area contributed by atoms with E-state index in [1.807, 2.05) is 6.92 Å². The van der Waals surface area contributed by atoms with Crippen molar-refractivity contribution in [3.8, 4) is 0 Å². The molecule has 0 aliphatic heterocycles. The summed E-state index contributed by atoms with van der Waals surface area (Å²) in [6, 6.07) is 0. The maximum atomic E-state index is 5.51. The SMILES string of the molecule is CCCCCCCCCC(C)OC(Cl)Cl. The van der Waals surface area contributed by atoms with Crippen LogP contribution in [0.3, 0.4) is 0 Å². The number of hydrogen-bond acceptors (Lipinski definition) is 1. The normalized spacial score (nSPS) is 13.4. The van der Waals surface area contributed by atoms with Crippen LogP contribution in [0.1, 0.15) is 65.2 Å². The average molecular weight is 255 g/mol. The molecule has 0 bridgehead atoms. The Labute approximate surface area is 104 Å². The highest BCUT2D eigenvalue weighted by atomic mass is 35.5. The lowest BCUT2D eigenvalue weighted by Crippen LogP contribution is -2.10. The number of hydrogen-bond donors (Lipinski definition) is 0. The van der Waals surface area contributed by atoms with Crippen molar-refractivity contribution in [1.29, 1.82) is 0 Å². The van der Waals surface area contributed by atoms with Crippen molar-refractivity contribution in [1.82, 2.24) is 0 Å². The number of alkyl halides is 2. The van der Waals surface area contributed by atoms with E-state index in [1.165, 1.54) is 44.9 Å². The third kappa shape index (κ3) is 12.5. The van der Waals surface area contributed by atoms with Gasteiger partial charge in [-0.15, -0.1) is 0 Å². The van der Waals surface area contributed by atoms with E-state index in [4.69, 9.17) is 27.9 Å². The van der Waals surface area contributed by atoms with Gasteiger partial charge in [-0.05, 0) is 13.3 Å². The number of rotatable bonds is 10. The van der Waals surface area contributed by atoms with Crippen molar-refractivity contribution in [2.75, 3.05) is 0 Å². The Morgan fingerprint density at radius 3 is 2.00 bits per heavy atom. The van der Waals surface area contributed by atoms with Crippen molar-refractivity contribution < 1.29 is 4.74 Å². The monoisotopic (exact) mass is 254 g/mol. The number of halogens is 2. The lowest BCUT2D eigenvalue weighted by atomic mass is 10.1. The molecule has 0 aromatic rings. The molecule has 1 atom stereocenters. The summed E-state index contributed by atoms with van der Waals surface area (Å²) in [5.74, 6) is 0. The second kappa shape index (κ2) is 11.0. The third-order valence-electron chi connectivity index (χ3n) is 2.55. The van der Waals surface area contributed by atoms with Crippen LogP contribution in [-0.2, 0) is 4.74 Å². The van der Waals surface area contributed by atoms with Gasteiger partial charge in [0.25, 0.3) is 0 Å². The Morgan fingerprint density at radius 2 is 1.47 bits per heavy atom. The molecule has 0 amide bonds. The second-order valence-electron chi connectivity index (χ2n) is 4.12. The molecular weight excluding hydrogens is 231 g/mol. The van der Waals surface area contributed by atoms with Crippen LogP contribution in [0, 0.1) is 0 Å². The molecule has 0 aliphatic rings. The van der Waals surface area contributed by atoms with Crippen molar-refractivity contribution in [3.05, 3.63) is 0 Å². The van der Waals surface area contributed by atoms with Gasteiger partial charge in [0.15, 0.2) is 0 Å². The van der Waals surface area contributed by atoms with E-state index >= 15 is 0 Å². The third-order valence-corrected chi connectivity index (χ3v) is 2.76.